The molecule has 144 valence electrons. The topological polar surface area (TPSA) is 37.4 Å². The molecule has 5 rings (SSSR count). The van der Waals surface area contributed by atoms with Crippen molar-refractivity contribution in [2.24, 2.45) is 17.8 Å². The van der Waals surface area contributed by atoms with Gasteiger partial charge in [0.1, 0.15) is 0 Å². The van der Waals surface area contributed by atoms with Crippen LogP contribution in [0.3, 0.4) is 0 Å². The van der Waals surface area contributed by atoms with Crippen LogP contribution in [0.5, 0.6) is 0 Å². The second kappa shape index (κ2) is 7.90. The first-order chi connectivity index (χ1) is 13.3. The smallest absolute Gasteiger partial charge is 0.183 e. The summed E-state index contributed by atoms with van der Waals surface area (Å²) in [5.74, 6) is 2.60. The fraction of sp³-hybridized carbons (Fsp3) is 0.591. The predicted molar refractivity (Wildman–Crippen MR) is 111 cm³/mol. The van der Waals surface area contributed by atoms with Crippen molar-refractivity contribution < 1.29 is 4.74 Å². The molecular formula is C22H29N3OS. The molecule has 0 spiro atoms. The Bertz CT molecular complexity index is 729. The summed E-state index contributed by atoms with van der Waals surface area (Å²) in [7, 11) is 0. The SMILES string of the molecule is c1ccc(-c2cnc(N[C@@H]3C[C@@H]4CN(CC5CCOCC5)C[C@@H]4C3)s2)cc1. The number of benzene rings is 1. The molecule has 1 aromatic carbocycles. The molecule has 1 aromatic heterocycles. The molecule has 5 heteroatoms. The van der Waals surface area contributed by atoms with Crippen LogP contribution in [-0.4, -0.2) is 48.8 Å². The molecule has 2 saturated heterocycles. The third-order valence-electron chi connectivity index (χ3n) is 6.58. The van der Waals surface area contributed by atoms with Gasteiger partial charge in [-0.3, -0.25) is 0 Å². The third-order valence-corrected chi connectivity index (χ3v) is 7.55. The second-order valence-electron chi connectivity index (χ2n) is 8.50. The quantitative estimate of drug-likeness (QED) is 0.832. The minimum absolute atomic E-state index is 0.597. The van der Waals surface area contributed by atoms with Gasteiger partial charge in [0, 0.05) is 45.1 Å². The van der Waals surface area contributed by atoms with Gasteiger partial charge in [0.05, 0.1) is 4.88 Å². The summed E-state index contributed by atoms with van der Waals surface area (Å²) in [5.41, 5.74) is 1.26. The van der Waals surface area contributed by atoms with Gasteiger partial charge in [0.15, 0.2) is 5.13 Å². The summed E-state index contributed by atoms with van der Waals surface area (Å²) in [5, 5.41) is 4.81. The van der Waals surface area contributed by atoms with Crippen LogP contribution in [0.4, 0.5) is 5.13 Å². The molecule has 1 N–H and O–H groups in total. The maximum absolute atomic E-state index is 5.51. The number of thiazole rings is 1. The number of aromatic nitrogens is 1. The number of nitrogens with one attached hydrogen (secondary N) is 1. The monoisotopic (exact) mass is 383 g/mol. The van der Waals surface area contributed by atoms with Crippen LogP contribution in [0.25, 0.3) is 10.4 Å². The predicted octanol–water partition coefficient (Wildman–Crippen LogP) is 4.36. The Hall–Kier alpha value is -1.43. The molecule has 1 aliphatic carbocycles. The van der Waals surface area contributed by atoms with Gasteiger partial charge in [-0.2, -0.15) is 0 Å². The lowest BCUT2D eigenvalue weighted by atomic mass is 10.00. The summed E-state index contributed by atoms with van der Waals surface area (Å²) in [4.78, 5) is 8.61. The first kappa shape index (κ1) is 17.7. The van der Waals surface area contributed by atoms with Gasteiger partial charge in [-0.25, -0.2) is 4.98 Å². The largest absolute Gasteiger partial charge is 0.381 e. The van der Waals surface area contributed by atoms with E-state index in [2.05, 4.69) is 45.5 Å². The summed E-state index contributed by atoms with van der Waals surface area (Å²) >= 11 is 1.78. The molecule has 4 nitrogen and oxygen atoms in total. The van der Waals surface area contributed by atoms with Gasteiger partial charge in [0.25, 0.3) is 0 Å². The molecule has 0 amide bonds. The van der Waals surface area contributed by atoms with Crippen LogP contribution in [0.15, 0.2) is 36.5 Å². The minimum Gasteiger partial charge on any atom is -0.381 e. The molecular weight excluding hydrogens is 354 g/mol. The minimum atomic E-state index is 0.597. The highest BCUT2D eigenvalue weighted by Crippen LogP contribution is 2.40. The van der Waals surface area contributed by atoms with Crippen LogP contribution in [0, 0.1) is 17.8 Å². The van der Waals surface area contributed by atoms with Gasteiger partial charge in [0.2, 0.25) is 0 Å². The van der Waals surface area contributed by atoms with Gasteiger partial charge in [-0.05, 0) is 49.0 Å². The van der Waals surface area contributed by atoms with Crippen molar-refractivity contribution in [1.82, 2.24) is 9.88 Å². The summed E-state index contributed by atoms with van der Waals surface area (Å²) in [6, 6.07) is 11.2. The molecule has 2 aromatic rings. The van der Waals surface area contributed by atoms with Crippen molar-refractivity contribution in [3.63, 3.8) is 0 Å². The lowest BCUT2D eigenvalue weighted by Gasteiger charge is -2.27. The van der Waals surface area contributed by atoms with E-state index in [1.54, 1.807) is 11.3 Å². The van der Waals surface area contributed by atoms with Gasteiger partial charge in [-0.15, -0.1) is 0 Å². The normalized spacial score (nSPS) is 29.1. The lowest BCUT2D eigenvalue weighted by Crippen LogP contribution is -2.32. The van der Waals surface area contributed by atoms with Crippen LogP contribution in [0.1, 0.15) is 25.7 Å². The van der Waals surface area contributed by atoms with Gasteiger partial charge >= 0.3 is 0 Å². The summed E-state index contributed by atoms with van der Waals surface area (Å²) < 4.78 is 5.51. The number of hydrogen-bond donors (Lipinski definition) is 1. The van der Waals surface area contributed by atoms with E-state index in [0.717, 1.165) is 36.1 Å². The van der Waals surface area contributed by atoms with E-state index in [1.165, 1.54) is 55.8 Å². The van der Waals surface area contributed by atoms with Crippen molar-refractivity contribution in [1.29, 1.82) is 0 Å². The average molecular weight is 384 g/mol. The van der Waals surface area contributed by atoms with Crippen molar-refractivity contribution in [2.45, 2.75) is 31.7 Å². The van der Waals surface area contributed by atoms with E-state index in [0.29, 0.717) is 6.04 Å². The maximum Gasteiger partial charge on any atom is 0.183 e. The average Bonchev–Trinajstić information content (AvgIpc) is 3.39. The van der Waals surface area contributed by atoms with Crippen LogP contribution in [0.2, 0.25) is 0 Å². The lowest BCUT2D eigenvalue weighted by molar-refractivity contribution is 0.0545. The first-order valence-electron chi connectivity index (χ1n) is 10.4. The molecule has 3 heterocycles. The molecule has 3 fully saturated rings. The third kappa shape index (κ3) is 4.05. The van der Waals surface area contributed by atoms with Crippen molar-refractivity contribution in [3.05, 3.63) is 36.5 Å². The zero-order chi connectivity index (χ0) is 18.1. The van der Waals surface area contributed by atoms with E-state index in [-0.39, 0.29) is 0 Å². The molecule has 3 atom stereocenters. The van der Waals surface area contributed by atoms with Crippen molar-refractivity contribution in [2.75, 3.05) is 38.2 Å². The summed E-state index contributed by atoms with van der Waals surface area (Å²) in [6.45, 7) is 5.83. The van der Waals surface area contributed by atoms with Crippen molar-refractivity contribution in [3.8, 4) is 10.4 Å². The number of fused-ring (bicyclic) bond motifs is 1. The second-order valence-corrected chi connectivity index (χ2v) is 9.53. The molecule has 3 aliphatic rings. The number of likely N-dealkylation sites (tertiary alicyclic amines) is 1. The molecule has 0 unspecified atom stereocenters. The van der Waals surface area contributed by atoms with Gasteiger partial charge < -0.3 is 15.0 Å². The number of anilines is 1. The fourth-order valence-corrected chi connectivity index (χ4v) is 6.11. The Labute approximate surface area is 165 Å². The zero-order valence-electron chi connectivity index (χ0n) is 15.8. The number of hydrogen-bond acceptors (Lipinski definition) is 5. The van der Waals surface area contributed by atoms with Crippen molar-refractivity contribution >= 4 is 16.5 Å². The van der Waals surface area contributed by atoms with E-state index < -0.39 is 0 Å². The fourth-order valence-electron chi connectivity index (χ4n) is 5.21. The van der Waals surface area contributed by atoms with E-state index >= 15 is 0 Å². The molecule has 0 radical (unpaired) electrons. The van der Waals surface area contributed by atoms with E-state index in [4.69, 9.17) is 4.74 Å². The first-order valence-corrected chi connectivity index (χ1v) is 11.2. The zero-order valence-corrected chi connectivity index (χ0v) is 16.7. The number of nitrogens with zero attached hydrogens (tertiary/aromatic N) is 2. The highest BCUT2D eigenvalue weighted by Gasteiger charge is 2.41. The molecule has 27 heavy (non-hydrogen) atoms. The highest BCUT2D eigenvalue weighted by atomic mass is 32.1. The number of rotatable bonds is 5. The molecule has 1 saturated carbocycles. The Morgan fingerprint density at radius 3 is 2.56 bits per heavy atom. The highest BCUT2D eigenvalue weighted by molar-refractivity contribution is 7.18. The number of ether oxygens (including phenoxy) is 1. The molecule has 2 aliphatic heterocycles. The van der Waals surface area contributed by atoms with Crippen LogP contribution in [-0.2, 0) is 4.74 Å². The Balaban J connectivity index is 1.13. The summed E-state index contributed by atoms with van der Waals surface area (Å²) in [6.07, 6.45) is 7.12. The van der Waals surface area contributed by atoms with E-state index in [9.17, 15) is 0 Å². The van der Waals surface area contributed by atoms with E-state index in [1.807, 2.05) is 6.20 Å². The standard InChI is InChI=1S/C22H29N3OS/c1-2-4-17(5-3-1)21-12-23-22(27-21)24-20-10-18-14-25(15-19(18)11-20)13-16-6-8-26-9-7-16/h1-5,12,16,18-20H,6-11,13-15H2,(H,23,24)/t18-,19+,20-. The van der Waals surface area contributed by atoms with Crippen LogP contribution >= 0.6 is 11.3 Å². The Morgan fingerprint density at radius 2 is 1.81 bits per heavy atom. The van der Waals surface area contributed by atoms with Gasteiger partial charge in [-0.1, -0.05) is 41.7 Å². The van der Waals surface area contributed by atoms with Crippen LogP contribution < -0.4 is 5.32 Å². The Kier molecular flexibility index (Phi) is 5.16. The Morgan fingerprint density at radius 1 is 1.07 bits per heavy atom. The molecule has 0 bridgehead atoms. The maximum atomic E-state index is 5.51.